The van der Waals surface area contributed by atoms with E-state index in [0.717, 1.165) is 5.69 Å². The van der Waals surface area contributed by atoms with Crippen molar-refractivity contribution >= 4 is 28.9 Å². The first-order valence-corrected chi connectivity index (χ1v) is 7.09. The second kappa shape index (κ2) is 7.24. The zero-order valence-electron chi connectivity index (χ0n) is 12.5. The summed E-state index contributed by atoms with van der Waals surface area (Å²) in [7, 11) is 0. The minimum absolute atomic E-state index is 0.0385. The van der Waals surface area contributed by atoms with E-state index in [2.05, 4.69) is 48.9 Å². The smallest absolute Gasteiger partial charge is 0.216 e. The van der Waals surface area contributed by atoms with Crippen molar-refractivity contribution < 1.29 is 4.79 Å². The zero-order chi connectivity index (χ0) is 15.2. The van der Waals surface area contributed by atoms with Crippen LogP contribution >= 0.6 is 12.2 Å². The number of benzene rings is 1. The van der Waals surface area contributed by atoms with Gasteiger partial charge < -0.3 is 16.0 Å². The third-order valence-electron chi connectivity index (χ3n) is 2.79. The maximum absolute atomic E-state index is 10.7. The summed E-state index contributed by atoms with van der Waals surface area (Å²) in [4.78, 5) is 10.7. The topological polar surface area (TPSA) is 53.2 Å². The molecule has 0 atom stereocenters. The van der Waals surface area contributed by atoms with Crippen molar-refractivity contribution in [1.29, 1.82) is 0 Å². The van der Waals surface area contributed by atoms with Crippen LogP contribution in [0.15, 0.2) is 24.3 Å². The van der Waals surface area contributed by atoms with Crippen molar-refractivity contribution in [3.05, 3.63) is 29.8 Å². The van der Waals surface area contributed by atoms with Crippen molar-refractivity contribution in [3.63, 3.8) is 0 Å². The first kappa shape index (κ1) is 16.4. The van der Waals surface area contributed by atoms with Crippen LogP contribution in [-0.4, -0.2) is 24.1 Å². The Morgan fingerprint density at radius 3 is 2.15 bits per heavy atom. The minimum Gasteiger partial charge on any atom is -0.361 e. The number of amides is 1. The van der Waals surface area contributed by atoms with Crippen LogP contribution in [0.5, 0.6) is 0 Å². The van der Waals surface area contributed by atoms with Crippen LogP contribution in [0.3, 0.4) is 0 Å². The third kappa shape index (κ3) is 6.02. The molecule has 0 saturated carbocycles. The standard InChI is InChI=1S/C15H23N3OS/c1-11(19)16-9-10-17-14(20)18-13-7-5-12(6-8-13)15(2,3)4/h5-8H,9-10H2,1-4H3,(H,16,19)(H2,17,18,20). The van der Waals surface area contributed by atoms with E-state index in [1.165, 1.54) is 12.5 Å². The maximum atomic E-state index is 10.7. The number of hydrogen-bond donors (Lipinski definition) is 3. The van der Waals surface area contributed by atoms with Gasteiger partial charge in [-0.3, -0.25) is 4.79 Å². The molecule has 1 amide bonds. The number of rotatable bonds is 4. The predicted molar refractivity (Wildman–Crippen MR) is 88.0 cm³/mol. The molecule has 5 heteroatoms. The molecule has 0 fully saturated rings. The first-order chi connectivity index (χ1) is 9.29. The molecule has 1 rings (SSSR count). The Morgan fingerprint density at radius 2 is 1.65 bits per heavy atom. The van der Waals surface area contributed by atoms with E-state index >= 15 is 0 Å². The number of carbonyl (C=O) groups is 1. The average Bonchev–Trinajstić information content (AvgIpc) is 2.34. The van der Waals surface area contributed by atoms with Crippen molar-refractivity contribution in [2.75, 3.05) is 18.4 Å². The van der Waals surface area contributed by atoms with Crippen molar-refractivity contribution in [2.45, 2.75) is 33.1 Å². The summed E-state index contributed by atoms with van der Waals surface area (Å²) in [5.74, 6) is -0.0385. The van der Waals surface area contributed by atoms with Crippen LogP contribution in [0.2, 0.25) is 0 Å². The Hall–Kier alpha value is -1.62. The average molecular weight is 293 g/mol. The van der Waals surface area contributed by atoms with Gasteiger partial charge in [-0.05, 0) is 35.3 Å². The van der Waals surface area contributed by atoms with Gasteiger partial charge in [0.2, 0.25) is 5.91 Å². The lowest BCUT2D eigenvalue weighted by Crippen LogP contribution is -2.35. The fourth-order valence-corrected chi connectivity index (χ4v) is 1.86. The third-order valence-corrected chi connectivity index (χ3v) is 3.04. The van der Waals surface area contributed by atoms with Gasteiger partial charge in [-0.15, -0.1) is 0 Å². The molecule has 0 bridgehead atoms. The minimum atomic E-state index is -0.0385. The molecule has 0 saturated heterocycles. The SMILES string of the molecule is CC(=O)NCCNC(=S)Nc1ccc(C(C)(C)C)cc1. The van der Waals surface area contributed by atoms with Crippen molar-refractivity contribution in [3.8, 4) is 0 Å². The van der Waals surface area contributed by atoms with E-state index in [0.29, 0.717) is 18.2 Å². The highest BCUT2D eigenvalue weighted by Crippen LogP contribution is 2.23. The molecule has 0 aliphatic rings. The van der Waals surface area contributed by atoms with Crippen LogP contribution < -0.4 is 16.0 Å². The Balaban J connectivity index is 2.41. The van der Waals surface area contributed by atoms with Gasteiger partial charge in [-0.2, -0.15) is 0 Å². The van der Waals surface area contributed by atoms with Crippen molar-refractivity contribution in [1.82, 2.24) is 10.6 Å². The Labute approximate surface area is 126 Å². The summed E-state index contributed by atoms with van der Waals surface area (Å²) in [6.45, 7) is 9.20. The molecule has 0 aliphatic carbocycles. The second-order valence-electron chi connectivity index (χ2n) is 5.69. The summed E-state index contributed by atoms with van der Waals surface area (Å²) >= 11 is 5.19. The number of thiocarbonyl (C=S) groups is 1. The molecule has 0 aromatic heterocycles. The summed E-state index contributed by atoms with van der Waals surface area (Å²) in [5, 5.41) is 9.41. The van der Waals surface area contributed by atoms with Crippen LogP contribution in [-0.2, 0) is 10.2 Å². The van der Waals surface area contributed by atoms with Gasteiger partial charge in [0.1, 0.15) is 0 Å². The molecular formula is C15H23N3OS. The molecule has 0 radical (unpaired) electrons. The predicted octanol–water partition coefficient (Wildman–Crippen LogP) is 2.41. The van der Waals surface area contributed by atoms with Crippen LogP contribution in [0.25, 0.3) is 0 Å². The van der Waals surface area contributed by atoms with Gasteiger partial charge in [0, 0.05) is 25.7 Å². The van der Waals surface area contributed by atoms with Crippen LogP contribution in [0, 0.1) is 0 Å². The van der Waals surface area contributed by atoms with E-state index in [1.54, 1.807) is 0 Å². The number of nitrogens with one attached hydrogen (secondary N) is 3. The molecule has 1 aromatic rings. The highest BCUT2D eigenvalue weighted by Gasteiger charge is 2.12. The molecule has 1 aromatic carbocycles. The zero-order valence-corrected chi connectivity index (χ0v) is 13.4. The molecule has 4 nitrogen and oxygen atoms in total. The first-order valence-electron chi connectivity index (χ1n) is 6.69. The highest BCUT2D eigenvalue weighted by molar-refractivity contribution is 7.80. The molecular weight excluding hydrogens is 270 g/mol. The van der Waals surface area contributed by atoms with E-state index in [-0.39, 0.29) is 11.3 Å². The van der Waals surface area contributed by atoms with E-state index in [1.807, 2.05) is 12.1 Å². The molecule has 0 unspecified atom stereocenters. The maximum Gasteiger partial charge on any atom is 0.216 e. The largest absolute Gasteiger partial charge is 0.361 e. The van der Waals surface area contributed by atoms with Crippen molar-refractivity contribution in [2.24, 2.45) is 0 Å². The molecule has 0 heterocycles. The Bertz CT molecular complexity index is 463. The van der Waals surface area contributed by atoms with E-state index in [9.17, 15) is 4.79 Å². The highest BCUT2D eigenvalue weighted by atomic mass is 32.1. The van der Waals surface area contributed by atoms with Gasteiger partial charge in [-0.1, -0.05) is 32.9 Å². The molecule has 20 heavy (non-hydrogen) atoms. The lowest BCUT2D eigenvalue weighted by Gasteiger charge is -2.19. The van der Waals surface area contributed by atoms with Gasteiger partial charge in [0.05, 0.1) is 0 Å². The van der Waals surface area contributed by atoms with E-state index in [4.69, 9.17) is 12.2 Å². The normalized spacial score (nSPS) is 10.8. The fraction of sp³-hybridized carbons (Fsp3) is 0.467. The Kier molecular flexibility index (Phi) is 5.95. The lowest BCUT2D eigenvalue weighted by molar-refractivity contribution is -0.118. The molecule has 110 valence electrons. The summed E-state index contributed by atoms with van der Waals surface area (Å²) in [5.41, 5.74) is 2.39. The van der Waals surface area contributed by atoms with Crippen LogP contribution in [0.1, 0.15) is 33.3 Å². The summed E-state index contributed by atoms with van der Waals surface area (Å²) in [6.07, 6.45) is 0. The number of anilines is 1. The van der Waals surface area contributed by atoms with Gasteiger partial charge in [0.25, 0.3) is 0 Å². The van der Waals surface area contributed by atoms with E-state index < -0.39 is 0 Å². The monoisotopic (exact) mass is 293 g/mol. The Morgan fingerprint density at radius 1 is 1.10 bits per heavy atom. The fourth-order valence-electron chi connectivity index (χ4n) is 1.64. The van der Waals surface area contributed by atoms with Gasteiger partial charge in [0.15, 0.2) is 5.11 Å². The summed E-state index contributed by atoms with van der Waals surface area (Å²) in [6, 6.07) is 8.23. The quantitative estimate of drug-likeness (QED) is 0.589. The summed E-state index contributed by atoms with van der Waals surface area (Å²) < 4.78 is 0. The molecule has 0 spiro atoms. The number of hydrogen-bond acceptors (Lipinski definition) is 2. The second-order valence-corrected chi connectivity index (χ2v) is 6.10. The van der Waals surface area contributed by atoms with Gasteiger partial charge >= 0.3 is 0 Å². The number of carbonyl (C=O) groups excluding carboxylic acids is 1. The molecule has 0 aliphatic heterocycles. The lowest BCUT2D eigenvalue weighted by atomic mass is 9.87. The van der Waals surface area contributed by atoms with Crippen LogP contribution in [0.4, 0.5) is 5.69 Å². The molecule has 3 N–H and O–H groups in total. The van der Waals surface area contributed by atoms with Gasteiger partial charge in [-0.25, -0.2) is 0 Å².